The van der Waals surface area contributed by atoms with Gasteiger partial charge >= 0.3 is 0 Å². The topological polar surface area (TPSA) is 146 Å². The van der Waals surface area contributed by atoms with Gasteiger partial charge in [-0.3, -0.25) is 0 Å². The van der Waals surface area contributed by atoms with Gasteiger partial charge in [-0.2, -0.15) is 0 Å². The molecular weight excluding hydrogens is 127 g/mol. The van der Waals surface area contributed by atoms with E-state index in [1.54, 1.807) is 0 Å². The summed E-state index contributed by atoms with van der Waals surface area (Å²) in [6, 6.07) is 0. The van der Waals surface area contributed by atoms with E-state index >= 15 is 0 Å². The third kappa shape index (κ3) is 293. The Morgan fingerprint density at radius 2 is 0.333 bits per heavy atom. The Morgan fingerprint density at radius 3 is 0.333 bits per heavy atom. The van der Waals surface area contributed by atoms with Gasteiger partial charge in [0.15, 0.2) is 0 Å². The molecule has 0 saturated heterocycles. The second kappa shape index (κ2) is 600. The molecule has 4 nitrogen and oxygen atoms in total. The smallest absolute Gasteiger partial charge is 0.369 e. The number of hydrogen-bond donors (Lipinski definition) is 4. The lowest BCUT2D eigenvalue weighted by molar-refractivity contribution is -0.001000. The van der Waals surface area contributed by atoms with Gasteiger partial charge in [0.1, 0.15) is 0 Å². The molecule has 0 heterocycles. The van der Waals surface area contributed by atoms with Gasteiger partial charge < -0.3 is 49.4 Å². The van der Waals surface area contributed by atoms with Crippen LogP contribution in [0.25, 0.3) is 0 Å². The van der Waals surface area contributed by atoms with Gasteiger partial charge in [0.25, 0.3) is 0 Å². The van der Waals surface area contributed by atoms with Gasteiger partial charge in [-0.05, 0) is 0 Å². The molecule has 16 N–H and O–H groups in total. The normalized spacial score (nSPS) is 0. The summed E-state index contributed by atoms with van der Waals surface area (Å²) in [7, 11) is 0. The molecule has 48 valence electrons. The summed E-state index contributed by atoms with van der Waals surface area (Å²) in [5.41, 5.74) is 0. The molecule has 0 unspecified atom stereocenters. The van der Waals surface area contributed by atoms with E-state index in [-0.39, 0.29) is 49.4 Å². The van der Waals surface area contributed by atoms with E-state index in [1.165, 1.54) is 0 Å². The number of rotatable bonds is 0. The van der Waals surface area contributed by atoms with Crippen LogP contribution in [-0.4, -0.2) is 0 Å². The molecule has 0 atom stereocenters. The van der Waals surface area contributed by atoms with E-state index in [9.17, 15) is 0 Å². The van der Waals surface area contributed by atoms with Crippen molar-refractivity contribution >= 4 is 0 Å². The molecule has 0 fully saturated rings. The van der Waals surface area contributed by atoms with Crippen LogP contribution in [0, 0.1) is 0 Å². The maximum atomic E-state index is 0. The predicted molar refractivity (Wildman–Crippen MR) is 23.9 cm³/mol. The van der Waals surface area contributed by atoms with Crippen LogP contribution in [0.15, 0.2) is 0 Å². The molecule has 0 aromatic rings. The first-order chi connectivity index (χ1) is 0. The number of hydrogen-bond acceptors (Lipinski definition) is 0. The molecule has 0 rings (SSSR count). The molecule has 6 heavy (non-hydrogen) atoms. The highest BCUT2D eigenvalue weighted by atomic mass is 35.5. The Kier molecular flexibility index (Phi) is 107000. The average molecular weight is 143 g/mol. The van der Waals surface area contributed by atoms with Crippen molar-refractivity contribution in [2.45, 2.75) is 0 Å². The van der Waals surface area contributed by atoms with Crippen molar-refractivity contribution in [3.63, 3.8) is 0 Å². The zero-order chi connectivity index (χ0) is 0. The van der Waals surface area contributed by atoms with Crippen molar-refractivity contribution < 1.29 is 24.8 Å². The van der Waals surface area contributed by atoms with Gasteiger partial charge in [-0.15, -0.1) is 0 Å². The van der Waals surface area contributed by atoms with E-state index in [2.05, 4.69) is 0 Å². The second-order valence-electron chi connectivity index (χ2n) is 0. The van der Waals surface area contributed by atoms with Gasteiger partial charge in [-0.1, -0.05) is 0 Å². The quantitative estimate of drug-likeness (QED) is 0.259. The lowest BCUT2D eigenvalue weighted by Crippen LogP contribution is -3.00. The van der Waals surface area contributed by atoms with Gasteiger partial charge in [-0.25, -0.2) is 0 Å². The summed E-state index contributed by atoms with van der Waals surface area (Å²) < 4.78 is 0. The van der Waals surface area contributed by atoms with Crippen molar-refractivity contribution in [1.82, 2.24) is 24.6 Å². The molecule has 6 heteroatoms. The Bertz CT molecular complexity index is 5.51. The standard InChI is InChI=1S/2ClH.4H3N/h2*1H;4*1H3/p+2. The Morgan fingerprint density at radius 1 is 0.333 bits per heavy atom. The fraction of sp³-hybridized carbons (Fsp3) is 0. The lowest BCUT2D eigenvalue weighted by Gasteiger charge is -1.00. The highest BCUT2D eigenvalue weighted by Crippen LogP contribution is -0.478. The summed E-state index contributed by atoms with van der Waals surface area (Å²) in [6.07, 6.45) is 0. The van der Waals surface area contributed by atoms with E-state index in [4.69, 9.17) is 0 Å². The minimum absolute atomic E-state index is 0. The van der Waals surface area contributed by atoms with Crippen LogP contribution in [0.3, 0.4) is 0 Å². The largest absolute Gasteiger partial charge is 1.00 e. The van der Waals surface area contributed by atoms with Crippen molar-refractivity contribution in [3.8, 4) is 0 Å². The van der Waals surface area contributed by atoms with E-state index < -0.39 is 0 Å². The number of quaternary nitrogens is 4. The van der Waals surface area contributed by atoms with E-state index in [0.717, 1.165) is 0 Å². The van der Waals surface area contributed by atoms with Crippen LogP contribution in [0.5, 0.6) is 0 Å². The van der Waals surface area contributed by atoms with Crippen LogP contribution < -0.4 is 49.4 Å². The van der Waals surface area contributed by atoms with Crippen molar-refractivity contribution in [1.29, 1.82) is 0 Å². The fourth-order valence-corrected chi connectivity index (χ4v) is 0. The number of halogens is 2. The summed E-state index contributed by atoms with van der Waals surface area (Å²) >= 11 is 0. The summed E-state index contributed by atoms with van der Waals surface area (Å²) in [4.78, 5) is 0. The summed E-state index contributed by atoms with van der Waals surface area (Å²) in [6.45, 7) is 0. The van der Waals surface area contributed by atoms with Gasteiger partial charge in [0.05, 0.1) is 0 Å². The first kappa shape index (κ1) is 1070. The lowest BCUT2D eigenvalue weighted by atomic mass is 14.0. The SMILES string of the molecule is [Cl-].[Cl-].[NH4+].[NH4+].[NH4+].[NH4+]. The zero-order valence-corrected chi connectivity index (χ0v) is 6.27. The Labute approximate surface area is 50.2 Å². The molecule has 0 aliphatic rings. The monoisotopic (exact) mass is 142 g/mol. The zero-order valence-electron chi connectivity index (χ0n) is 4.76. The molecule has 0 aromatic heterocycles. The highest BCUT2D eigenvalue weighted by Gasteiger charge is -0.366. The van der Waals surface area contributed by atoms with Crippen LogP contribution in [0.4, 0.5) is 0 Å². The van der Waals surface area contributed by atoms with Crippen LogP contribution >= 0.6 is 0 Å². The van der Waals surface area contributed by atoms with Crippen molar-refractivity contribution in [2.24, 2.45) is 0 Å². The third-order valence-corrected chi connectivity index (χ3v) is 0. The molecule has 0 saturated carbocycles. The average Bonchev–Trinajstić information content (AvgIpc) is 0. The fourth-order valence-electron chi connectivity index (χ4n) is 0. The summed E-state index contributed by atoms with van der Waals surface area (Å²) in [5.74, 6) is 0. The van der Waals surface area contributed by atoms with Crippen LogP contribution in [0.1, 0.15) is 0 Å². The Hall–Kier alpha value is 0.420. The van der Waals surface area contributed by atoms with Crippen molar-refractivity contribution in [2.75, 3.05) is 0 Å². The van der Waals surface area contributed by atoms with Gasteiger partial charge in [0, 0.05) is 0 Å². The van der Waals surface area contributed by atoms with Crippen LogP contribution in [0.2, 0.25) is 0 Å². The first-order valence-corrected chi connectivity index (χ1v) is 0. The first-order valence-electron chi connectivity index (χ1n) is 0. The van der Waals surface area contributed by atoms with E-state index in [0.29, 0.717) is 0 Å². The second-order valence-corrected chi connectivity index (χ2v) is 0. The minimum Gasteiger partial charge on any atom is -1.00 e. The van der Waals surface area contributed by atoms with Gasteiger partial charge in [0.2, 0.25) is 0 Å². The predicted octanol–water partition coefficient (Wildman–Crippen LogP) is -4.49. The Balaban J connectivity index is 0. The third-order valence-electron chi connectivity index (χ3n) is 0. The molecule has 0 radical (unpaired) electrons. The highest BCUT2D eigenvalue weighted by molar-refractivity contribution is 2.14. The van der Waals surface area contributed by atoms with E-state index in [1.807, 2.05) is 0 Å². The molecule has 0 amide bonds. The van der Waals surface area contributed by atoms with Crippen molar-refractivity contribution in [3.05, 3.63) is 0 Å². The molecule has 0 bridgehead atoms. The molecule has 0 aliphatic carbocycles. The molecular formula is H16Cl2N4+2. The summed E-state index contributed by atoms with van der Waals surface area (Å²) in [5, 5.41) is 0. The molecule has 0 aromatic carbocycles. The minimum atomic E-state index is 0. The van der Waals surface area contributed by atoms with Crippen LogP contribution in [-0.2, 0) is 0 Å². The maximum absolute atomic E-state index is 0. The molecule has 0 spiro atoms. The molecule has 0 aliphatic heterocycles. The maximum Gasteiger partial charge on any atom is -0.369 e.